The van der Waals surface area contributed by atoms with E-state index in [9.17, 15) is 8.42 Å². The van der Waals surface area contributed by atoms with Crippen LogP contribution in [0.1, 0.15) is 25.2 Å². The van der Waals surface area contributed by atoms with Crippen LogP contribution in [0.5, 0.6) is 23.1 Å². The van der Waals surface area contributed by atoms with Gasteiger partial charge >= 0.3 is 0 Å². The number of nitrogens with zero attached hydrogens (tertiary/aromatic N) is 4. The normalized spacial score (nSPS) is 11.2. The molecule has 11 heteroatoms. The maximum atomic E-state index is 13.1. The first-order chi connectivity index (χ1) is 17.3. The first-order valence-corrected chi connectivity index (χ1v) is 12.8. The number of benzene rings is 2. The van der Waals surface area contributed by atoms with Crippen molar-refractivity contribution in [1.29, 1.82) is 0 Å². The molecule has 2 aromatic heterocycles. The molecule has 0 atom stereocenters. The molecule has 0 spiro atoms. The predicted molar refractivity (Wildman–Crippen MR) is 135 cm³/mol. The van der Waals surface area contributed by atoms with Gasteiger partial charge in [-0.15, -0.1) is 10.2 Å². The van der Waals surface area contributed by atoms with E-state index in [1.165, 1.54) is 6.07 Å². The Balaban J connectivity index is 1.47. The highest BCUT2D eigenvalue weighted by atomic mass is 32.2. The third-order valence-corrected chi connectivity index (χ3v) is 6.67. The number of hydrogen-bond acceptors (Lipinski definition) is 8. The molecule has 2 heterocycles. The summed E-state index contributed by atoms with van der Waals surface area (Å²) in [5.41, 5.74) is 2.26. The second-order valence-electron chi connectivity index (χ2n) is 7.72. The molecule has 0 amide bonds. The molecule has 36 heavy (non-hydrogen) atoms. The van der Waals surface area contributed by atoms with E-state index in [-0.39, 0.29) is 10.6 Å². The second-order valence-corrected chi connectivity index (χ2v) is 9.37. The lowest BCUT2D eigenvalue weighted by atomic mass is 10.3. The minimum absolute atomic E-state index is 0.00527. The van der Waals surface area contributed by atoms with Crippen molar-refractivity contribution >= 4 is 15.7 Å². The summed E-state index contributed by atoms with van der Waals surface area (Å²) in [6.45, 7) is 8.24. The number of hydrogen-bond donors (Lipinski definition) is 1. The Hall–Kier alpha value is -4.12. The van der Waals surface area contributed by atoms with Gasteiger partial charge in [-0.05, 0) is 70.2 Å². The molecule has 0 saturated heterocycles. The van der Waals surface area contributed by atoms with Crippen LogP contribution in [-0.2, 0) is 10.0 Å². The largest absolute Gasteiger partial charge is 0.494 e. The average Bonchev–Trinajstić information content (AvgIpc) is 3.20. The Morgan fingerprint density at radius 2 is 1.61 bits per heavy atom. The number of nitrogens with one attached hydrogen (secondary N) is 1. The van der Waals surface area contributed by atoms with Crippen molar-refractivity contribution in [3.8, 4) is 28.9 Å². The quantitative estimate of drug-likeness (QED) is 0.328. The van der Waals surface area contributed by atoms with Crippen LogP contribution in [0, 0.1) is 13.8 Å². The monoisotopic (exact) mass is 509 g/mol. The maximum absolute atomic E-state index is 13.1. The molecule has 1 N–H and O–H groups in total. The fourth-order valence-corrected chi connectivity index (χ4v) is 4.60. The smallest absolute Gasteiger partial charge is 0.265 e. The van der Waals surface area contributed by atoms with Crippen molar-refractivity contribution in [2.24, 2.45) is 0 Å². The standard InChI is InChI=1S/C25H27N5O5S/c1-5-33-21-11-12-22(34-6-2)23(15-21)36(31,32)29-19-7-9-20(10-8-19)35-25-14-13-24(27-28-25)30-16-26-17(3)18(30)4/h7-16,29H,5-6H2,1-4H3. The van der Waals surface area contributed by atoms with Gasteiger partial charge < -0.3 is 14.2 Å². The number of ether oxygens (including phenoxy) is 3. The molecule has 0 saturated carbocycles. The highest BCUT2D eigenvalue weighted by Crippen LogP contribution is 2.31. The Bertz CT molecular complexity index is 1430. The summed E-state index contributed by atoms with van der Waals surface area (Å²) in [6, 6.07) is 14.7. The molecular weight excluding hydrogens is 482 g/mol. The summed E-state index contributed by atoms with van der Waals surface area (Å²) in [5.74, 6) is 2.09. The summed E-state index contributed by atoms with van der Waals surface area (Å²) in [7, 11) is -3.94. The molecule has 0 unspecified atom stereocenters. The van der Waals surface area contributed by atoms with Gasteiger partial charge in [-0.25, -0.2) is 13.4 Å². The zero-order valence-electron chi connectivity index (χ0n) is 20.4. The van der Waals surface area contributed by atoms with Gasteiger partial charge in [-0.2, -0.15) is 0 Å². The Labute approximate surface area is 209 Å². The van der Waals surface area contributed by atoms with Crippen molar-refractivity contribution in [3.63, 3.8) is 0 Å². The minimum atomic E-state index is -3.94. The summed E-state index contributed by atoms with van der Waals surface area (Å²) >= 11 is 0. The lowest BCUT2D eigenvalue weighted by Gasteiger charge is -2.14. The van der Waals surface area contributed by atoms with E-state index in [4.69, 9.17) is 14.2 Å². The molecule has 188 valence electrons. The summed E-state index contributed by atoms with van der Waals surface area (Å²) in [6.07, 6.45) is 1.69. The first-order valence-electron chi connectivity index (χ1n) is 11.4. The highest BCUT2D eigenvalue weighted by Gasteiger charge is 2.21. The van der Waals surface area contributed by atoms with Gasteiger partial charge in [0, 0.05) is 23.5 Å². The van der Waals surface area contributed by atoms with Crippen molar-refractivity contribution in [2.75, 3.05) is 17.9 Å². The van der Waals surface area contributed by atoms with Crippen LogP contribution in [0.2, 0.25) is 0 Å². The summed E-state index contributed by atoms with van der Waals surface area (Å²) in [5, 5.41) is 8.31. The molecule has 10 nitrogen and oxygen atoms in total. The van der Waals surface area contributed by atoms with Crippen molar-refractivity contribution in [3.05, 3.63) is 72.3 Å². The van der Waals surface area contributed by atoms with Crippen LogP contribution in [0.15, 0.2) is 65.8 Å². The fourth-order valence-electron chi connectivity index (χ4n) is 3.38. The van der Waals surface area contributed by atoms with Crippen LogP contribution in [-0.4, -0.2) is 41.4 Å². The van der Waals surface area contributed by atoms with E-state index in [0.29, 0.717) is 42.1 Å². The van der Waals surface area contributed by atoms with Crippen LogP contribution < -0.4 is 18.9 Å². The molecule has 4 rings (SSSR count). The van der Waals surface area contributed by atoms with Gasteiger partial charge in [0.15, 0.2) is 5.82 Å². The number of anilines is 1. The maximum Gasteiger partial charge on any atom is 0.265 e. The Morgan fingerprint density at radius 1 is 0.889 bits per heavy atom. The predicted octanol–water partition coefficient (Wildman–Crippen LogP) is 4.67. The van der Waals surface area contributed by atoms with Crippen LogP contribution in [0.4, 0.5) is 5.69 Å². The number of aryl methyl sites for hydroxylation is 1. The van der Waals surface area contributed by atoms with Gasteiger partial charge in [0.2, 0.25) is 5.88 Å². The van der Waals surface area contributed by atoms with E-state index in [1.807, 2.05) is 25.3 Å². The molecule has 0 radical (unpaired) electrons. The van der Waals surface area contributed by atoms with Crippen molar-refractivity contribution in [2.45, 2.75) is 32.6 Å². The molecule has 4 aromatic rings. The molecule has 0 aliphatic rings. The van der Waals surface area contributed by atoms with Gasteiger partial charge in [0.25, 0.3) is 10.0 Å². The van der Waals surface area contributed by atoms with E-state index in [0.717, 1.165) is 11.4 Å². The molecule has 0 fully saturated rings. The molecule has 0 bridgehead atoms. The molecule has 0 aliphatic heterocycles. The number of sulfonamides is 1. The zero-order chi connectivity index (χ0) is 25.7. The molecule has 0 aliphatic carbocycles. The lowest BCUT2D eigenvalue weighted by molar-refractivity contribution is 0.322. The van der Waals surface area contributed by atoms with Crippen LogP contribution >= 0.6 is 0 Å². The zero-order valence-corrected chi connectivity index (χ0v) is 21.2. The van der Waals surface area contributed by atoms with Gasteiger partial charge in [0.1, 0.15) is 28.5 Å². The van der Waals surface area contributed by atoms with Gasteiger partial charge in [0.05, 0.1) is 18.9 Å². The van der Waals surface area contributed by atoms with E-state index in [1.54, 1.807) is 61.8 Å². The number of aromatic nitrogens is 4. The summed E-state index contributed by atoms with van der Waals surface area (Å²) in [4.78, 5) is 4.26. The highest BCUT2D eigenvalue weighted by molar-refractivity contribution is 7.92. The van der Waals surface area contributed by atoms with E-state index < -0.39 is 10.0 Å². The topological polar surface area (TPSA) is 117 Å². The molecule has 2 aromatic carbocycles. The van der Waals surface area contributed by atoms with Crippen molar-refractivity contribution < 1.29 is 22.6 Å². The summed E-state index contributed by atoms with van der Waals surface area (Å²) < 4.78 is 47.3. The average molecular weight is 510 g/mol. The molecular formula is C25H27N5O5S. The lowest BCUT2D eigenvalue weighted by Crippen LogP contribution is -2.14. The Morgan fingerprint density at radius 3 is 2.22 bits per heavy atom. The van der Waals surface area contributed by atoms with Crippen LogP contribution in [0.3, 0.4) is 0 Å². The third kappa shape index (κ3) is 5.57. The number of imidazole rings is 1. The van der Waals surface area contributed by atoms with E-state index >= 15 is 0 Å². The van der Waals surface area contributed by atoms with Gasteiger partial charge in [-0.1, -0.05) is 0 Å². The third-order valence-electron chi connectivity index (χ3n) is 5.27. The SMILES string of the molecule is CCOc1ccc(OCC)c(S(=O)(=O)Nc2ccc(Oc3ccc(-n4cnc(C)c4C)nn3)cc2)c1. The number of rotatable bonds is 10. The Kier molecular flexibility index (Phi) is 7.39. The van der Waals surface area contributed by atoms with Crippen LogP contribution in [0.25, 0.3) is 5.82 Å². The second kappa shape index (κ2) is 10.6. The fraction of sp³-hybridized carbons (Fsp3) is 0.240. The van der Waals surface area contributed by atoms with E-state index in [2.05, 4.69) is 19.9 Å². The van der Waals surface area contributed by atoms with Crippen molar-refractivity contribution in [1.82, 2.24) is 19.7 Å². The first kappa shape index (κ1) is 25.0. The minimum Gasteiger partial charge on any atom is -0.494 e. The van der Waals surface area contributed by atoms with Gasteiger partial charge in [-0.3, -0.25) is 9.29 Å².